The second-order valence-electron chi connectivity index (χ2n) is 8.51. The fourth-order valence-electron chi connectivity index (χ4n) is 4.48. The fourth-order valence-corrected chi connectivity index (χ4v) is 4.65. The van der Waals surface area contributed by atoms with Crippen LogP contribution in [0.4, 0.5) is 11.4 Å². The molecule has 0 atom stereocenters. The average molecular weight is 471 g/mol. The van der Waals surface area contributed by atoms with E-state index in [0.29, 0.717) is 5.02 Å². The van der Waals surface area contributed by atoms with Crippen LogP contribution in [0.5, 0.6) is 11.5 Å². The maximum absolute atomic E-state index is 6.26. The Morgan fingerprint density at radius 3 is 2.26 bits per heavy atom. The molecule has 1 aliphatic rings. The molecular formula is C29H27ClN2O2. The molecule has 1 aliphatic carbocycles. The van der Waals surface area contributed by atoms with E-state index in [9.17, 15) is 0 Å². The van der Waals surface area contributed by atoms with Crippen LogP contribution in [-0.2, 0) is 12.8 Å². The molecule has 34 heavy (non-hydrogen) atoms. The number of aromatic nitrogens is 1. The van der Waals surface area contributed by atoms with E-state index in [0.717, 1.165) is 57.7 Å². The molecule has 5 heteroatoms. The lowest BCUT2D eigenvalue weighted by Gasteiger charge is -2.22. The van der Waals surface area contributed by atoms with Gasteiger partial charge in [-0.15, -0.1) is 0 Å². The Labute approximate surface area is 205 Å². The third kappa shape index (κ3) is 4.73. The number of pyridine rings is 1. The second kappa shape index (κ2) is 9.78. The second-order valence-corrected chi connectivity index (χ2v) is 8.94. The molecule has 5 rings (SSSR count). The summed E-state index contributed by atoms with van der Waals surface area (Å²) in [5, 5.41) is 5.51. The number of nitrogens with one attached hydrogen (secondary N) is 1. The molecule has 1 heterocycles. The summed E-state index contributed by atoms with van der Waals surface area (Å²) in [6, 6.07) is 20.3. The first-order valence-corrected chi connectivity index (χ1v) is 11.9. The van der Waals surface area contributed by atoms with E-state index in [1.54, 1.807) is 14.2 Å². The summed E-state index contributed by atoms with van der Waals surface area (Å²) in [7, 11) is 3.32. The number of methoxy groups -OCH3 is 2. The van der Waals surface area contributed by atoms with E-state index in [1.807, 2.05) is 30.3 Å². The number of hydrogen-bond donors (Lipinski definition) is 1. The Balaban J connectivity index is 1.42. The Hall–Kier alpha value is -3.50. The van der Waals surface area contributed by atoms with Gasteiger partial charge >= 0.3 is 0 Å². The number of hydrogen-bond acceptors (Lipinski definition) is 4. The maximum Gasteiger partial charge on any atom is 0.123 e. The van der Waals surface area contributed by atoms with Crippen LogP contribution >= 0.6 is 11.6 Å². The van der Waals surface area contributed by atoms with Gasteiger partial charge in [0.1, 0.15) is 11.5 Å². The first-order chi connectivity index (χ1) is 16.6. The maximum atomic E-state index is 6.26. The Morgan fingerprint density at radius 1 is 0.824 bits per heavy atom. The molecular weight excluding hydrogens is 444 g/mol. The number of nitrogens with zero attached hydrogens (tertiary/aromatic N) is 1. The number of anilines is 2. The van der Waals surface area contributed by atoms with Crippen molar-refractivity contribution in [1.29, 1.82) is 0 Å². The Kier molecular flexibility index (Phi) is 6.41. The van der Waals surface area contributed by atoms with Crippen molar-refractivity contribution >= 4 is 46.0 Å². The molecule has 0 fully saturated rings. The highest BCUT2D eigenvalue weighted by atomic mass is 35.5. The number of ether oxygens (including phenoxy) is 2. The molecule has 0 unspecified atom stereocenters. The van der Waals surface area contributed by atoms with Crippen molar-refractivity contribution in [2.75, 3.05) is 19.5 Å². The van der Waals surface area contributed by atoms with Crippen molar-refractivity contribution < 1.29 is 9.47 Å². The van der Waals surface area contributed by atoms with Crippen LogP contribution in [0, 0.1) is 0 Å². The standard InChI is InChI=1S/C29H27ClN2O2/c1-33-23-15-20(16-24(18-23)34-2)8-7-19-9-12-22(13-10-19)31-29-25-5-3-4-6-27(25)32-28-17-21(30)11-14-26(28)29/h7-18H,3-6H2,1-2H3,(H,31,32)/b8-7+. The van der Waals surface area contributed by atoms with E-state index in [-0.39, 0.29) is 0 Å². The average Bonchev–Trinajstić information content (AvgIpc) is 2.87. The van der Waals surface area contributed by atoms with Gasteiger partial charge < -0.3 is 14.8 Å². The van der Waals surface area contributed by atoms with Crippen molar-refractivity contribution in [3.05, 3.63) is 88.1 Å². The van der Waals surface area contributed by atoms with Crippen molar-refractivity contribution in [1.82, 2.24) is 4.98 Å². The van der Waals surface area contributed by atoms with Crippen LogP contribution < -0.4 is 14.8 Å². The van der Waals surface area contributed by atoms with Crippen molar-refractivity contribution in [2.45, 2.75) is 25.7 Å². The molecule has 0 radical (unpaired) electrons. The molecule has 1 N–H and O–H groups in total. The fraction of sp³-hybridized carbons (Fsp3) is 0.207. The summed E-state index contributed by atoms with van der Waals surface area (Å²) in [6.45, 7) is 0. The van der Waals surface area contributed by atoms with Gasteiger partial charge in [0.15, 0.2) is 0 Å². The van der Waals surface area contributed by atoms with E-state index < -0.39 is 0 Å². The minimum absolute atomic E-state index is 0.714. The van der Waals surface area contributed by atoms with Crippen LogP contribution in [0.1, 0.15) is 35.2 Å². The van der Waals surface area contributed by atoms with Crippen LogP contribution in [0.3, 0.4) is 0 Å². The summed E-state index contributed by atoms with van der Waals surface area (Å²) < 4.78 is 10.7. The largest absolute Gasteiger partial charge is 0.497 e. The van der Waals surface area contributed by atoms with Gasteiger partial charge in [-0.05, 0) is 84.8 Å². The van der Waals surface area contributed by atoms with Gasteiger partial charge in [0.2, 0.25) is 0 Å². The van der Waals surface area contributed by atoms with Gasteiger partial charge in [0.25, 0.3) is 0 Å². The third-order valence-electron chi connectivity index (χ3n) is 6.25. The van der Waals surface area contributed by atoms with Crippen molar-refractivity contribution in [3.8, 4) is 11.5 Å². The molecule has 4 nitrogen and oxygen atoms in total. The van der Waals surface area contributed by atoms with Crippen molar-refractivity contribution in [2.24, 2.45) is 0 Å². The lowest BCUT2D eigenvalue weighted by atomic mass is 9.92. The van der Waals surface area contributed by atoms with E-state index >= 15 is 0 Å². The lowest BCUT2D eigenvalue weighted by Crippen LogP contribution is -2.09. The molecule has 0 bridgehead atoms. The summed E-state index contributed by atoms with van der Waals surface area (Å²) >= 11 is 6.26. The van der Waals surface area contributed by atoms with Gasteiger partial charge in [0.05, 0.1) is 25.4 Å². The summed E-state index contributed by atoms with van der Waals surface area (Å²) in [5.74, 6) is 1.54. The molecule has 172 valence electrons. The zero-order chi connectivity index (χ0) is 23.5. The Bertz CT molecular complexity index is 1340. The van der Waals surface area contributed by atoms with Gasteiger partial charge in [-0.2, -0.15) is 0 Å². The van der Waals surface area contributed by atoms with Gasteiger partial charge in [-0.25, -0.2) is 0 Å². The van der Waals surface area contributed by atoms with Crippen molar-refractivity contribution in [3.63, 3.8) is 0 Å². The number of rotatable bonds is 6. The van der Waals surface area contributed by atoms with E-state index in [2.05, 4.69) is 47.8 Å². The summed E-state index contributed by atoms with van der Waals surface area (Å²) in [4.78, 5) is 4.92. The van der Waals surface area contributed by atoms with Gasteiger partial charge in [-0.3, -0.25) is 4.98 Å². The third-order valence-corrected chi connectivity index (χ3v) is 6.48. The number of benzene rings is 3. The molecule has 1 aromatic heterocycles. The number of fused-ring (bicyclic) bond motifs is 2. The Morgan fingerprint density at radius 2 is 1.53 bits per heavy atom. The molecule has 0 saturated heterocycles. The summed E-state index contributed by atoms with van der Waals surface area (Å²) in [5.41, 5.74) is 7.81. The predicted octanol–water partition coefficient (Wildman–Crippen LogP) is 7.70. The lowest BCUT2D eigenvalue weighted by molar-refractivity contribution is 0.394. The monoisotopic (exact) mass is 470 g/mol. The van der Waals surface area contributed by atoms with Crippen LogP contribution in [-0.4, -0.2) is 19.2 Å². The highest BCUT2D eigenvalue weighted by molar-refractivity contribution is 6.31. The molecule has 0 amide bonds. The highest BCUT2D eigenvalue weighted by Gasteiger charge is 2.18. The number of aryl methyl sites for hydroxylation is 1. The molecule has 0 spiro atoms. The van der Waals surface area contributed by atoms with Gasteiger partial charge in [-0.1, -0.05) is 35.9 Å². The smallest absolute Gasteiger partial charge is 0.123 e. The van der Waals surface area contributed by atoms with Crippen LogP contribution in [0.25, 0.3) is 23.1 Å². The minimum Gasteiger partial charge on any atom is -0.497 e. The van der Waals surface area contributed by atoms with Crippen LogP contribution in [0.15, 0.2) is 60.7 Å². The minimum atomic E-state index is 0.714. The zero-order valence-electron chi connectivity index (χ0n) is 19.4. The molecule has 3 aromatic carbocycles. The number of halogens is 1. The SMILES string of the molecule is COc1cc(/C=C/c2ccc(Nc3c4c(nc5cc(Cl)ccc35)CCCC4)cc2)cc(OC)c1. The van der Waals surface area contributed by atoms with E-state index in [1.165, 1.54) is 24.1 Å². The van der Waals surface area contributed by atoms with E-state index in [4.69, 9.17) is 26.1 Å². The molecule has 0 aliphatic heterocycles. The van der Waals surface area contributed by atoms with Gasteiger partial charge in [0, 0.05) is 27.9 Å². The first kappa shape index (κ1) is 22.3. The quantitative estimate of drug-likeness (QED) is 0.293. The molecule has 0 saturated carbocycles. The highest BCUT2D eigenvalue weighted by Crippen LogP contribution is 2.36. The zero-order valence-corrected chi connectivity index (χ0v) is 20.2. The topological polar surface area (TPSA) is 43.4 Å². The summed E-state index contributed by atoms with van der Waals surface area (Å²) in [6.07, 6.45) is 8.60. The van der Waals surface area contributed by atoms with Crippen LogP contribution in [0.2, 0.25) is 5.02 Å². The molecule has 4 aromatic rings. The normalized spacial score (nSPS) is 13.1. The predicted molar refractivity (Wildman–Crippen MR) is 142 cm³/mol. The first-order valence-electron chi connectivity index (χ1n) is 11.5.